The number of nitrogens with zero attached hydrogens (tertiary/aromatic N) is 2. The molecular weight excluding hydrogens is 472 g/mol. The molecule has 2 N–H and O–H groups in total. The molecule has 1 atom stereocenters. The van der Waals surface area contributed by atoms with Crippen molar-refractivity contribution in [3.63, 3.8) is 0 Å². The second-order valence-corrected chi connectivity index (χ2v) is 9.64. The van der Waals surface area contributed by atoms with Crippen LogP contribution in [0.25, 0.3) is 0 Å². The highest BCUT2D eigenvalue weighted by Crippen LogP contribution is 2.25. The zero-order chi connectivity index (χ0) is 19.4. The summed E-state index contributed by atoms with van der Waals surface area (Å²) in [6.45, 7) is 1.85. The van der Waals surface area contributed by atoms with Gasteiger partial charge in [0.2, 0.25) is 11.8 Å². The number of thiophene rings is 1. The summed E-state index contributed by atoms with van der Waals surface area (Å²) in [6, 6.07) is 10.7. The van der Waals surface area contributed by atoms with Crippen LogP contribution in [0.5, 0.6) is 0 Å². The maximum absolute atomic E-state index is 12.2. The Labute approximate surface area is 177 Å². The fraction of sp³-hybridized carbons (Fsp3) is 0.176. The average molecular weight is 486 g/mol. The number of carbonyl (C=O) groups excluding carboxylic acids is 2. The molecule has 0 bridgehead atoms. The lowest BCUT2D eigenvalue weighted by Gasteiger charge is -2.07. The number of amides is 2. The highest BCUT2D eigenvalue weighted by molar-refractivity contribution is 9.11. The highest BCUT2D eigenvalue weighted by atomic mass is 79.9. The van der Waals surface area contributed by atoms with Crippen LogP contribution in [0.15, 0.2) is 50.4 Å². The van der Waals surface area contributed by atoms with Gasteiger partial charge in [0.25, 0.3) is 0 Å². The van der Waals surface area contributed by atoms with Crippen LogP contribution >= 0.6 is 50.6 Å². The summed E-state index contributed by atoms with van der Waals surface area (Å²) in [7, 11) is 0. The summed E-state index contributed by atoms with van der Waals surface area (Å²) in [5.41, 5.74) is 1.38. The van der Waals surface area contributed by atoms with Crippen LogP contribution in [0.4, 0.5) is 5.69 Å². The minimum atomic E-state index is -0.539. The Kier molecular flexibility index (Phi) is 6.69. The monoisotopic (exact) mass is 484 g/mol. The summed E-state index contributed by atoms with van der Waals surface area (Å²) in [6.07, 6.45) is 0.0404. The molecule has 3 rings (SSSR count). The summed E-state index contributed by atoms with van der Waals surface area (Å²) in [4.78, 5) is 25.2. The Morgan fingerprint density at radius 1 is 1.30 bits per heavy atom. The van der Waals surface area contributed by atoms with Crippen molar-refractivity contribution in [3.05, 3.63) is 50.1 Å². The van der Waals surface area contributed by atoms with Gasteiger partial charge in [-0.25, -0.2) is 0 Å². The molecule has 2 heterocycles. The molecule has 140 valence electrons. The van der Waals surface area contributed by atoms with Crippen LogP contribution < -0.4 is 10.6 Å². The Balaban J connectivity index is 1.58. The van der Waals surface area contributed by atoms with E-state index in [1.165, 1.54) is 11.8 Å². The Morgan fingerprint density at radius 2 is 2.04 bits per heavy atom. The number of benzene rings is 1. The van der Waals surface area contributed by atoms with E-state index in [0.717, 1.165) is 14.4 Å². The average Bonchev–Trinajstić information content (AvgIpc) is 3.21. The molecular formula is C17H14BrClN4O2S2. The van der Waals surface area contributed by atoms with Crippen LogP contribution in [-0.2, 0) is 9.59 Å². The van der Waals surface area contributed by atoms with E-state index in [9.17, 15) is 9.59 Å². The molecule has 0 spiro atoms. The number of thioether (sulfide) groups is 1. The van der Waals surface area contributed by atoms with E-state index in [2.05, 4.69) is 36.8 Å². The molecule has 0 aliphatic carbocycles. The van der Waals surface area contributed by atoms with Crippen molar-refractivity contribution >= 4 is 79.0 Å². The predicted octanol–water partition coefficient (Wildman–Crippen LogP) is 4.50. The van der Waals surface area contributed by atoms with E-state index in [1.807, 2.05) is 19.1 Å². The van der Waals surface area contributed by atoms with Crippen molar-refractivity contribution in [1.29, 1.82) is 0 Å². The zero-order valence-electron chi connectivity index (χ0n) is 14.0. The minimum absolute atomic E-state index is 0.0404. The lowest BCUT2D eigenvalue weighted by molar-refractivity contribution is -0.122. The van der Waals surface area contributed by atoms with E-state index in [1.54, 1.807) is 35.6 Å². The SMILES string of the molecule is C/C(=N/N=C1/NC(=O)[C@H](CC(=O)Nc2ccc(Cl)cc2)S1)c1ccc(Br)s1. The van der Waals surface area contributed by atoms with E-state index in [-0.39, 0.29) is 18.2 Å². The van der Waals surface area contributed by atoms with Gasteiger partial charge >= 0.3 is 0 Å². The van der Waals surface area contributed by atoms with Crippen molar-refractivity contribution in [1.82, 2.24) is 5.32 Å². The van der Waals surface area contributed by atoms with Crippen molar-refractivity contribution in [2.24, 2.45) is 10.2 Å². The molecule has 1 aromatic carbocycles. The molecule has 0 radical (unpaired) electrons. The topological polar surface area (TPSA) is 82.9 Å². The molecule has 1 fully saturated rings. The molecule has 0 saturated carbocycles. The van der Waals surface area contributed by atoms with Gasteiger partial charge in [0.1, 0.15) is 5.25 Å². The number of halogens is 2. The van der Waals surface area contributed by atoms with Crippen molar-refractivity contribution in [3.8, 4) is 0 Å². The van der Waals surface area contributed by atoms with E-state index in [0.29, 0.717) is 15.9 Å². The first-order valence-electron chi connectivity index (χ1n) is 7.81. The number of rotatable bonds is 5. The van der Waals surface area contributed by atoms with E-state index in [4.69, 9.17) is 11.6 Å². The smallest absolute Gasteiger partial charge is 0.240 e. The van der Waals surface area contributed by atoms with Crippen LogP contribution in [-0.4, -0.2) is 27.9 Å². The third-order valence-electron chi connectivity index (χ3n) is 3.50. The van der Waals surface area contributed by atoms with E-state index >= 15 is 0 Å². The first-order valence-corrected chi connectivity index (χ1v) is 10.7. The molecule has 27 heavy (non-hydrogen) atoms. The largest absolute Gasteiger partial charge is 0.326 e. The van der Waals surface area contributed by atoms with Crippen LogP contribution in [0, 0.1) is 0 Å². The fourth-order valence-corrected chi connectivity index (χ4v) is 4.55. The molecule has 2 amide bonds. The summed E-state index contributed by atoms with van der Waals surface area (Å²) >= 11 is 12.0. The van der Waals surface area contributed by atoms with Gasteiger partial charge in [0.15, 0.2) is 5.17 Å². The Bertz CT molecular complexity index is 927. The van der Waals surface area contributed by atoms with Crippen molar-refractivity contribution < 1.29 is 9.59 Å². The fourth-order valence-electron chi connectivity index (χ4n) is 2.18. The lowest BCUT2D eigenvalue weighted by atomic mass is 10.2. The van der Waals surface area contributed by atoms with Crippen LogP contribution in [0.3, 0.4) is 0 Å². The second kappa shape index (κ2) is 9.01. The van der Waals surface area contributed by atoms with Crippen LogP contribution in [0.1, 0.15) is 18.2 Å². The summed E-state index contributed by atoms with van der Waals surface area (Å²) < 4.78 is 1.01. The molecule has 6 nitrogen and oxygen atoms in total. The Morgan fingerprint density at radius 3 is 2.70 bits per heavy atom. The minimum Gasteiger partial charge on any atom is -0.326 e. The summed E-state index contributed by atoms with van der Waals surface area (Å²) in [5.74, 6) is -0.508. The number of carbonyl (C=O) groups is 2. The van der Waals surface area contributed by atoms with Crippen molar-refractivity contribution in [2.75, 3.05) is 5.32 Å². The zero-order valence-corrected chi connectivity index (χ0v) is 18.0. The molecule has 0 unspecified atom stereocenters. The number of hydrogen-bond donors (Lipinski definition) is 2. The quantitative estimate of drug-likeness (QED) is 0.483. The normalized spacial score (nSPS) is 18.6. The maximum atomic E-state index is 12.2. The highest BCUT2D eigenvalue weighted by Gasteiger charge is 2.32. The standard InChI is InChI=1S/C17H14BrClN4O2S2/c1-9(12-6-7-14(18)26-12)22-23-17-21-16(25)13(27-17)8-15(24)20-11-4-2-10(19)3-5-11/h2-7,13H,8H2,1H3,(H,20,24)(H,21,23,25)/b22-9-/t13-/m0/s1. The van der Waals surface area contributed by atoms with Gasteiger partial charge in [-0.1, -0.05) is 23.4 Å². The predicted molar refractivity (Wildman–Crippen MR) is 116 cm³/mol. The second-order valence-electron chi connectivity index (χ2n) is 5.55. The van der Waals surface area contributed by atoms with Gasteiger partial charge in [-0.3, -0.25) is 9.59 Å². The van der Waals surface area contributed by atoms with Gasteiger partial charge in [0.05, 0.1) is 14.4 Å². The number of anilines is 1. The lowest BCUT2D eigenvalue weighted by Crippen LogP contribution is -2.28. The first kappa shape index (κ1) is 20.1. The molecule has 1 aromatic heterocycles. The number of nitrogens with one attached hydrogen (secondary N) is 2. The van der Waals surface area contributed by atoms with Gasteiger partial charge in [-0.05, 0) is 59.3 Å². The third kappa shape index (κ3) is 5.65. The third-order valence-corrected chi connectivity index (χ3v) is 6.55. The number of amidine groups is 1. The van der Waals surface area contributed by atoms with Gasteiger partial charge in [0, 0.05) is 17.1 Å². The van der Waals surface area contributed by atoms with E-state index < -0.39 is 5.25 Å². The molecule has 1 saturated heterocycles. The number of hydrogen-bond acceptors (Lipinski definition) is 6. The molecule has 1 aliphatic heterocycles. The maximum Gasteiger partial charge on any atom is 0.240 e. The molecule has 2 aromatic rings. The van der Waals surface area contributed by atoms with Gasteiger partial charge in [-0.15, -0.1) is 16.4 Å². The van der Waals surface area contributed by atoms with Crippen molar-refractivity contribution in [2.45, 2.75) is 18.6 Å². The van der Waals surface area contributed by atoms with Crippen LogP contribution in [0.2, 0.25) is 5.02 Å². The molecule has 10 heteroatoms. The van der Waals surface area contributed by atoms with Gasteiger partial charge < -0.3 is 10.6 Å². The molecule has 1 aliphatic rings. The first-order chi connectivity index (χ1) is 12.9. The van der Waals surface area contributed by atoms with Gasteiger partial charge in [-0.2, -0.15) is 5.10 Å². The summed E-state index contributed by atoms with van der Waals surface area (Å²) in [5, 5.41) is 14.1. The Hall–Kier alpha value is -1.68.